The molecule has 5 fully saturated rings. The minimum atomic E-state index is -0.879. The normalized spacial score (nSPS) is 39.6. The van der Waals surface area contributed by atoms with Gasteiger partial charge >= 0.3 is 12.1 Å². The molecule has 7 nitrogen and oxygen atoms in total. The van der Waals surface area contributed by atoms with Crippen molar-refractivity contribution in [3.8, 4) is 0 Å². The van der Waals surface area contributed by atoms with Gasteiger partial charge in [0.05, 0.1) is 12.1 Å². The van der Waals surface area contributed by atoms with E-state index in [9.17, 15) is 19.5 Å². The molecular weight excluding hydrogens is 636 g/mol. The summed E-state index contributed by atoms with van der Waals surface area (Å²) in [5, 5.41) is 12.7. The second-order valence-electron chi connectivity index (χ2n) is 18.9. The van der Waals surface area contributed by atoms with Gasteiger partial charge in [0.15, 0.2) is 0 Å². The number of hydrogen-bond donors (Lipinski definition) is 2. The van der Waals surface area contributed by atoms with Crippen LogP contribution >= 0.6 is 0 Å². The first-order valence-corrected chi connectivity index (χ1v) is 20.0. The summed E-state index contributed by atoms with van der Waals surface area (Å²) < 4.78 is 5.61. The van der Waals surface area contributed by atoms with E-state index in [-0.39, 0.29) is 45.7 Å². The number of benzene rings is 1. The molecule has 0 spiro atoms. The largest absolute Gasteiger partial charge is 0.478 e. The molecule has 0 bridgehead atoms. The number of nitrogens with zero attached hydrogens (tertiary/aromatic N) is 1. The zero-order valence-corrected chi connectivity index (χ0v) is 32.1. The summed E-state index contributed by atoms with van der Waals surface area (Å²) in [6, 6.07) is 7.53. The van der Waals surface area contributed by atoms with Gasteiger partial charge in [0.2, 0.25) is 5.91 Å². The number of fused-ring (bicyclic) bond motifs is 7. The monoisotopic (exact) mass is 698 g/mol. The number of carboxylic acid groups (broad SMARTS) is 1. The maximum Gasteiger partial charge on any atom is 0.407 e. The fraction of sp³-hybridized carbons (Fsp3) is 0.705. The minimum Gasteiger partial charge on any atom is -0.478 e. The van der Waals surface area contributed by atoms with Gasteiger partial charge in [-0.15, -0.1) is 0 Å². The van der Waals surface area contributed by atoms with Gasteiger partial charge in [0, 0.05) is 19.5 Å². The van der Waals surface area contributed by atoms with Gasteiger partial charge in [0.1, 0.15) is 6.61 Å². The number of alkyl carbamates (subject to hydrolysis) is 1. The Morgan fingerprint density at radius 3 is 2.37 bits per heavy atom. The zero-order chi connectivity index (χ0) is 36.6. The van der Waals surface area contributed by atoms with Crippen LogP contribution in [0.5, 0.6) is 0 Å². The van der Waals surface area contributed by atoms with Gasteiger partial charge in [-0.1, -0.05) is 65.0 Å². The Morgan fingerprint density at radius 1 is 0.961 bits per heavy atom. The van der Waals surface area contributed by atoms with Crippen molar-refractivity contribution in [2.75, 3.05) is 26.2 Å². The smallest absolute Gasteiger partial charge is 0.407 e. The van der Waals surface area contributed by atoms with Crippen LogP contribution in [-0.4, -0.2) is 54.2 Å². The van der Waals surface area contributed by atoms with Gasteiger partial charge in [-0.3, -0.25) is 4.79 Å². The highest BCUT2D eigenvalue weighted by molar-refractivity contribution is 5.88. The average molecular weight is 699 g/mol. The molecule has 9 atom stereocenters. The van der Waals surface area contributed by atoms with Crippen LogP contribution in [0.2, 0.25) is 0 Å². The van der Waals surface area contributed by atoms with Crippen molar-refractivity contribution in [2.24, 2.45) is 56.7 Å². The molecule has 0 aromatic heterocycles. The highest BCUT2D eigenvalue weighted by Crippen LogP contribution is 2.77. The summed E-state index contributed by atoms with van der Waals surface area (Å²) in [7, 11) is 0. The maximum absolute atomic E-state index is 13.0. The third kappa shape index (κ3) is 5.61. The molecule has 1 aliphatic heterocycles. The van der Waals surface area contributed by atoms with Crippen LogP contribution in [0.3, 0.4) is 0 Å². The molecule has 7 heteroatoms. The second-order valence-corrected chi connectivity index (χ2v) is 18.9. The number of allylic oxidation sites excluding steroid dienone is 3. The van der Waals surface area contributed by atoms with Crippen molar-refractivity contribution in [3.05, 3.63) is 53.6 Å². The van der Waals surface area contributed by atoms with E-state index in [4.69, 9.17) is 4.74 Å². The van der Waals surface area contributed by atoms with Crippen molar-refractivity contribution >= 4 is 23.5 Å². The number of amides is 2. The number of carbonyl (C=O) groups is 3. The first-order valence-electron chi connectivity index (χ1n) is 20.0. The van der Waals surface area contributed by atoms with Crippen molar-refractivity contribution in [1.82, 2.24) is 10.2 Å². The van der Waals surface area contributed by atoms with Crippen molar-refractivity contribution in [3.63, 3.8) is 0 Å². The minimum absolute atomic E-state index is 0.0146. The van der Waals surface area contributed by atoms with E-state index in [0.29, 0.717) is 54.7 Å². The first-order chi connectivity index (χ1) is 24.1. The van der Waals surface area contributed by atoms with Crippen LogP contribution in [-0.2, 0) is 9.53 Å². The Morgan fingerprint density at radius 2 is 1.71 bits per heavy atom. The summed E-state index contributed by atoms with van der Waals surface area (Å²) in [4.78, 5) is 38.4. The van der Waals surface area contributed by atoms with Gasteiger partial charge in [-0.25, -0.2) is 9.59 Å². The van der Waals surface area contributed by atoms with Crippen LogP contribution in [0.15, 0.2) is 42.5 Å². The first kappa shape index (κ1) is 36.3. The Kier molecular flexibility index (Phi) is 9.10. The van der Waals surface area contributed by atoms with Crippen LogP contribution < -0.4 is 5.32 Å². The Hall–Kier alpha value is -3.09. The second kappa shape index (κ2) is 12.8. The highest BCUT2D eigenvalue weighted by atomic mass is 16.5. The third-order valence-electron chi connectivity index (χ3n) is 16.6. The summed E-state index contributed by atoms with van der Waals surface area (Å²) in [6.07, 6.45) is 14.2. The molecule has 1 saturated heterocycles. The van der Waals surface area contributed by atoms with E-state index in [1.54, 1.807) is 17.0 Å². The fourth-order valence-corrected chi connectivity index (χ4v) is 14.0. The molecule has 1 aromatic rings. The van der Waals surface area contributed by atoms with Crippen molar-refractivity contribution < 1.29 is 24.2 Å². The zero-order valence-electron chi connectivity index (χ0n) is 32.1. The Labute approximate surface area is 306 Å². The number of rotatable bonds is 8. The summed E-state index contributed by atoms with van der Waals surface area (Å²) in [6.45, 7) is 21.7. The maximum atomic E-state index is 13.0. The Balaban J connectivity index is 1.11. The quantitative estimate of drug-likeness (QED) is 0.264. The Bertz CT molecular complexity index is 1610. The summed E-state index contributed by atoms with van der Waals surface area (Å²) in [5.41, 5.74) is 4.84. The van der Waals surface area contributed by atoms with Gasteiger partial charge in [-0.2, -0.15) is 0 Å². The number of nitrogens with one attached hydrogen (secondary N) is 1. The number of ether oxygens (including phenoxy) is 1. The van der Waals surface area contributed by atoms with Crippen LogP contribution in [0.25, 0.3) is 5.57 Å². The van der Waals surface area contributed by atoms with Gasteiger partial charge in [-0.05, 0) is 151 Å². The topological polar surface area (TPSA) is 95.9 Å². The number of aromatic carboxylic acids is 1. The van der Waals surface area contributed by atoms with Crippen LogP contribution in [0.1, 0.15) is 128 Å². The lowest BCUT2D eigenvalue weighted by atomic mass is 9.32. The van der Waals surface area contributed by atoms with E-state index in [0.717, 1.165) is 44.2 Å². The summed E-state index contributed by atoms with van der Waals surface area (Å²) in [5.74, 6) is 2.03. The molecule has 4 saturated carbocycles. The molecule has 2 N–H and O–H groups in total. The number of likely N-dealkylation sites (tertiary alicyclic amines) is 1. The van der Waals surface area contributed by atoms with Crippen LogP contribution in [0, 0.1) is 56.7 Å². The molecule has 6 aliphatic rings. The van der Waals surface area contributed by atoms with Crippen molar-refractivity contribution in [2.45, 2.75) is 112 Å². The fourth-order valence-electron chi connectivity index (χ4n) is 14.0. The van der Waals surface area contributed by atoms with E-state index < -0.39 is 5.97 Å². The molecule has 51 heavy (non-hydrogen) atoms. The lowest BCUT2D eigenvalue weighted by Crippen LogP contribution is -2.66. The molecule has 5 aliphatic carbocycles. The molecule has 0 radical (unpaired) electrons. The molecule has 1 heterocycles. The number of carbonyl (C=O) groups excluding carboxylic acids is 2. The van der Waals surface area contributed by atoms with E-state index >= 15 is 0 Å². The summed E-state index contributed by atoms with van der Waals surface area (Å²) >= 11 is 0. The molecule has 2 amide bonds. The van der Waals surface area contributed by atoms with E-state index in [1.165, 1.54) is 43.3 Å². The SMILES string of the molecule is C=C(C)C1CCC2(CNC(=O)OCCN3CCCC3=O)CCC3(C)C(CCC4C5(C)CC=C(c6ccc(C(=O)O)cc6)C(C)(C)C5CCC43C)C12. The van der Waals surface area contributed by atoms with Gasteiger partial charge < -0.3 is 20.1 Å². The van der Waals surface area contributed by atoms with Crippen molar-refractivity contribution in [1.29, 1.82) is 0 Å². The lowest BCUT2D eigenvalue weighted by molar-refractivity contribution is -0.225. The van der Waals surface area contributed by atoms with Crippen LogP contribution in [0.4, 0.5) is 4.79 Å². The van der Waals surface area contributed by atoms with E-state index in [1.807, 2.05) is 12.1 Å². The molecule has 7 rings (SSSR count). The molecule has 9 unspecified atom stereocenters. The van der Waals surface area contributed by atoms with Gasteiger partial charge in [0.25, 0.3) is 0 Å². The average Bonchev–Trinajstić information content (AvgIpc) is 3.67. The third-order valence-corrected chi connectivity index (χ3v) is 16.6. The predicted octanol–water partition coefficient (Wildman–Crippen LogP) is 9.38. The molecular formula is C44H62N2O5. The van der Waals surface area contributed by atoms with E-state index in [2.05, 4.69) is 59.5 Å². The standard InChI is InChI=1S/C44H62N2O5/c1-28(2)31-16-21-44(27-45-39(50)51-26-25-46-24-8-9-36(46)47)23-22-42(6)33(37(31)44)14-15-35-41(5)19-17-32(29-10-12-30(13-11-29)38(48)49)40(3,4)34(41)18-20-43(35,42)7/h10-13,17,31,33-35,37H,1,8-9,14-16,18-27H2,2-7H3,(H,45,50)(H,48,49). The molecule has 1 aromatic carbocycles. The number of carboxylic acids is 1. The predicted molar refractivity (Wildman–Crippen MR) is 201 cm³/mol. The molecule has 278 valence electrons. The lowest BCUT2D eigenvalue weighted by Gasteiger charge is -2.72. The number of hydrogen-bond acceptors (Lipinski definition) is 4. The highest BCUT2D eigenvalue weighted by Gasteiger charge is 2.70.